The average Bonchev–Trinajstić information content (AvgIpc) is 2.83. The molecule has 2 amide bonds. The maximum absolute atomic E-state index is 12.7. The number of amides is 2. The van der Waals surface area contributed by atoms with Gasteiger partial charge in [-0.1, -0.05) is 43.3 Å². The largest absolute Gasteiger partial charge is 0.492 e. The molecular formula is C26H26BrN3O3S. The summed E-state index contributed by atoms with van der Waals surface area (Å²) in [5.74, 6) is 0.242. The molecule has 3 aromatic rings. The number of thiocarbonyl (C=S) groups is 1. The van der Waals surface area contributed by atoms with Crippen molar-refractivity contribution in [3.05, 3.63) is 87.9 Å². The van der Waals surface area contributed by atoms with Crippen LogP contribution in [0.3, 0.4) is 0 Å². The highest BCUT2D eigenvalue weighted by molar-refractivity contribution is 9.10. The predicted molar refractivity (Wildman–Crippen MR) is 144 cm³/mol. The SMILES string of the molecule is CCC(=O)Nc1cccc(NC(=S)NC(=O)c2ccc(OCCc3ccccc3)c(Br)c2)c1C. The van der Waals surface area contributed by atoms with E-state index < -0.39 is 0 Å². The summed E-state index contributed by atoms with van der Waals surface area (Å²) in [5.41, 5.74) is 3.84. The van der Waals surface area contributed by atoms with Crippen LogP contribution in [0.25, 0.3) is 0 Å². The monoisotopic (exact) mass is 539 g/mol. The van der Waals surface area contributed by atoms with E-state index in [0.29, 0.717) is 40.2 Å². The number of ether oxygens (including phenoxy) is 1. The van der Waals surface area contributed by atoms with Crippen molar-refractivity contribution in [3.8, 4) is 5.75 Å². The molecular weight excluding hydrogens is 514 g/mol. The van der Waals surface area contributed by atoms with Crippen LogP contribution in [0.1, 0.15) is 34.8 Å². The van der Waals surface area contributed by atoms with E-state index in [1.165, 1.54) is 5.56 Å². The number of nitrogens with one attached hydrogen (secondary N) is 3. The lowest BCUT2D eigenvalue weighted by Crippen LogP contribution is -2.34. The molecule has 0 aliphatic carbocycles. The summed E-state index contributed by atoms with van der Waals surface area (Å²) in [6.45, 7) is 4.18. The van der Waals surface area contributed by atoms with Crippen molar-refractivity contribution in [2.75, 3.05) is 17.2 Å². The number of hydrogen-bond donors (Lipinski definition) is 3. The lowest BCUT2D eigenvalue weighted by atomic mass is 10.1. The van der Waals surface area contributed by atoms with Crippen molar-refractivity contribution in [3.63, 3.8) is 0 Å². The number of anilines is 2. The molecule has 0 saturated heterocycles. The molecule has 0 aromatic heterocycles. The summed E-state index contributed by atoms with van der Waals surface area (Å²) in [5, 5.41) is 8.72. The first-order chi connectivity index (χ1) is 16.4. The van der Waals surface area contributed by atoms with Crippen LogP contribution in [0.4, 0.5) is 11.4 Å². The zero-order valence-corrected chi connectivity index (χ0v) is 21.4. The minimum absolute atomic E-state index is 0.0748. The quantitative estimate of drug-likeness (QED) is 0.312. The van der Waals surface area contributed by atoms with Crippen LogP contribution < -0.4 is 20.7 Å². The van der Waals surface area contributed by atoms with Crippen LogP contribution in [-0.2, 0) is 11.2 Å². The lowest BCUT2D eigenvalue weighted by Gasteiger charge is -2.15. The number of halogens is 1. The highest BCUT2D eigenvalue weighted by Gasteiger charge is 2.13. The zero-order chi connectivity index (χ0) is 24.5. The maximum Gasteiger partial charge on any atom is 0.257 e. The Kier molecular flexibility index (Phi) is 9.18. The summed E-state index contributed by atoms with van der Waals surface area (Å²) < 4.78 is 6.53. The van der Waals surface area contributed by atoms with E-state index in [4.69, 9.17) is 17.0 Å². The van der Waals surface area contributed by atoms with Gasteiger partial charge < -0.3 is 15.4 Å². The summed E-state index contributed by atoms with van der Waals surface area (Å²) in [7, 11) is 0. The standard InChI is InChI=1S/C26H26BrN3O3S/c1-3-24(31)28-21-10-7-11-22(17(21)2)29-26(34)30-25(32)19-12-13-23(20(27)16-19)33-15-14-18-8-5-4-6-9-18/h4-13,16H,3,14-15H2,1-2H3,(H,28,31)(H2,29,30,32,34). The van der Waals surface area contributed by atoms with Gasteiger partial charge in [0.15, 0.2) is 5.11 Å². The summed E-state index contributed by atoms with van der Waals surface area (Å²) >= 11 is 8.80. The van der Waals surface area contributed by atoms with E-state index in [0.717, 1.165) is 12.0 Å². The smallest absolute Gasteiger partial charge is 0.257 e. The van der Waals surface area contributed by atoms with Gasteiger partial charge in [0.2, 0.25) is 5.91 Å². The Morgan fingerprint density at radius 3 is 2.35 bits per heavy atom. The van der Waals surface area contributed by atoms with Gasteiger partial charge in [0.1, 0.15) is 5.75 Å². The molecule has 0 spiro atoms. The molecule has 0 aliphatic rings. The molecule has 176 valence electrons. The molecule has 3 rings (SSSR count). The first kappa shape index (κ1) is 25.4. The molecule has 0 bridgehead atoms. The summed E-state index contributed by atoms with van der Waals surface area (Å²) in [4.78, 5) is 24.4. The zero-order valence-electron chi connectivity index (χ0n) is 19.0. The molecule has 0 heterocycles. The minimum atomic E-state index is -0.345. The van der Waals surface area contributed by atoms with Gasteiger partial charge in [-0.2, -0.15) is 0 Å². The Hall–Kier alpha value is -3.23. The van der Waals surface area contributed by atoms with Crippen LogP contribution >= 0.6 is 28.1 Å². The van der Waals surface area contributed by atoms with Crippen LogP contribution in [0.2, 0.25) is 0 Å². The fourth-order valence-electron chi connectivity index (χ4n) is 3.16. The van der Waals surface area contributed by atoms with Gasteiger partial charge in [0, 0.05) is 29.8 Å². The Morgan fingerprint density at radius 1 is 0.971 bits per heavy atom. The molecule has 0 fully saturated rings. The van der Waals surface area contributed by atoms with Crippen LogP contribution in [0.5, 0.6) is 5.75 Å². The van der Waals surface area contributed by atoms with Gasteiger partial charge in [-0.15, -0.1) is 0 Å². The van der Waals surface area contributed by atoms with Crippen molar-refractivity contribution < 1.29 is 14.3 Å². The Labute approximate surface area is 213 Å². The van der Waals surface area contributed by atoms with Gasteiger partial charge in [0.25, 0.3) is 5.91 Å². The first-order valence-corrected chi connectivity index (χ1v) is 12.1. The molecule has 0 aliphatic heterocycles. The number of carbonyl (C=O) groups excluding carboxylic acids is 2. The van der Waals surface area contributed by atoms with Gasteiger partial charge in [0.05, 0.1) is 11.1 Å². The second kappa shape index (κ2) is 12.3. The minimum Gasteiger partial charge on any atom is -0.492 e. The van der Waals surface area contributed by atoms with Crippen molar-refractivity contribution in [1.82, 2.24) is 5.32 Å². The van der Waals surface area contributed by atoms with Crippen molar-refractivity contribution in [1.29, 1.82) is 0 Å². The second-order valence-electron chi connectivity index (χ2n) is 7.52. The Bertz CT molecular complexity index is 1190. The third kappa shape index (κ3) is 7.13. The third-order valence-corrected chi connectivity index (χ3v) is 5.91. The lowest BCUT2D eigenvalue weighted by molar-refractivity contribution is -0.115. The van der Waals surface area contributed by atoms with Crippen LogP contribution in [-0.4, -0.2) is 23.5 Å². The topological polar surface area (TPSA) is 79.5 Å². The third-order valence-electron chi connectivity index (χ3n) is 5.09. The van der Waals surface area contributed by atoms with E-state index in [-0.39, 0.29) is 16.9 Å². The Morgan fingerprint density at radius 2 is 1.68 bits per heavy atom. The molecule has 34 heavy (non-hydrogen) atoms. The van der Waals surface area contributed by atoms with Crippen molar-refractivity contribution >= 4 is 56.4 Å². The maximum atomic E-state index is 12.7. The van der Waals surface area contributed by atoms with E-state index in [9.17, 15) is 9.59 Å². The first-order valence-electron chi connectivity index (χ1n) is 10.9. The van der Waals surface area contributed by atoms with Gasteiger partial charge in [-0.3, -0.25) is 14.9 Å². The fraction of sp³-hybridized carbons (Fsp3) is 0.192. The van der Waals surface area contributed by atoms with Crippen LogP contribution in [0.15, 0.2) is 71.2 Å². The molecule has 3 aromatic carbocycles. The highest BCUT2D eigenvalue weighted by Crippen LogP contribution is 2.27. The van der Waals surface area contributed by atoms with Crippen molar-refractivity contribution in [2.45, 2.75) is 26.7 Å². The number of carbonyl (C=O) groups is 2. The Balaban J connectivity index is 1.57. The van der Waals surface area contributed by atoms with Gasteiger partial charge in [-0.05, 0) is 76.5 Å². The molecule has 0 radical (unpaired) electrons. The van der Waals surface area contributed by atoms with E-state index >= 15 is 0 Å². The predicted octanol–water partition coefficient (Wildman–Crippen LogP) is 5.85. The molecule has 0 atom stereocenters. The average molecular weight is 540 g/mol. The molecule has 8 heteroatoms. The van der Waals surface area contributed by atoms with Crippen molar-refractivity contribution in [2.24, 2.45) is 0 Å². The highest BCUT2D eigenvalue weighted by atomic mass is 79.9. The number of benzene rings is 3. The van der Waals surface area contributed by atoms with E-state index in [1.54, 1.807) is 31.2 Å². The fourth-order valence-corrected chi connectivity index (χ4v) is 3.85. The molecule has 6 nitrogen and oxygen atoms in total. The molecule has 0 saturated carbocycles. The van der Waals surface area contributed by atoms with E-state index in [1.807, 2.05) is 37.3 Å². The summed E-state index contributed by atoms with van der Waals surface area (Å²) in [6, 6.07) is 20.7. The van der Waals surface area contributed by atoms with Gasteiger partial charge in [-0.25, -0.2) is 0 Å². The second-order valence-corrected chi connectivity index (χ2v) is 8.78. The van der Waals surface area contributed by atoms with Gasteiger partial charge >= 0.3 is 0 Å². The number of hydrogen-bond acceptors (Lipinski definition) is 4. The summed E-state index contributed by atoms with van der Waals surface area (Å²) in [6.07, 6.45) is 1.18. The molecule has 3 N–H and O–H groups in total. The normalized spacial score (nSPS) is 10.3. The van der Waals surface area contributed by atoms with Crippen LogP contribution in [0, 0.1) is 6.92 Å². The number of rotatable bonds is 8. The van der Waals surface area contributed by atoms with E-state index in [2.05, 4.69) is 44.0 Å². The molecule has 0 unspecified atom stereocenters.